The topological polar surface area (TPSA) is 47.3 Å². The summed E-state index contributed by atoms with van der Waals surface area (Å²) in [6, 6.07) is 5.58. The first kappa shape index (κ1) is 12.1. The molecule has 0 aliphatic heterocycles. The molecule has 0 bridgehead atoms. The maximum atomic E-state index is 9.23. The average molecular weight is 297 g/mol. The van der Waals surface area contributed by atoms with Crippen molar-refractivity contribution in [3.63, 3.8) is 0 Å². The van der Waals surface area contributed by atoms with Gasteiger partial charge >= 0.3 is 0 Å². The molecule has 1 N–H and O–H groups in total. The first-order valence-corrected chi connectivity index (χ1v) is 5.99. The molecule has 1 aromatic carbocycles. The predicted molar refractivity (Wildman–Crippen MR) is 67.6 cm³/mol. The van der Waals surface area contributed by atoms with Gasteiger partial charge in [-0.25, -0.2) is 4.98 Å². The summed E-state index contributed by atoms with van der Waals surface area (Å²) < 4.78 is 8.42. The third-order valence-corrected chi connectivity index (χ3v) is 3.11. The van der Waals surface area contributed by atoms with Crippen molar-refractivity contribution < 1.29 is 9.84 Å². The number of aliphatic hydroxyl groups is 1. The minimum atomic E-state index is -0.0463. The van der Waals surface area contributed by atoms with Crippen molar-refractivity contribution in [2.24, 2.45) is 7.05 Å². The zero-order chi connectivity index (χ0) is 12.3. The number of imidazole rings is 1. The number of hydrogen-bond donors (Lipinski definition) is 1. The van der Waals surface area contributed by atoms with E-state index in [1.165, 1.54) is 0 Å². The van der Waals surface area contributed by atoms with Crippen LogP contribution in [-0.2, 0) is 20.3 Å². The maximum absolute atomic E-state index is 9.23. The number of benzene rings is 1. The van der Waals surface area contributed by atoms with E-state index in [9.17, 15) is 5.11 Å². The van der Waals surface area contributed by atoms with Crippen LogP contribution in [0.3, 0.4) is 0 Å². The Morgan fingerprint density at radius 1 is 1.47 bits per heavy atom. The molecule has 0 atom stereocenters. The molecule has 0 radical (unpaired) electrons. The standard InChI is InChI=1S/C12H13BrN2O2/c1-15-6-5-14-11(15)8-17-12-9(7-16)3-2-4-10(12)13/h2-6,16H,7-8H2,1H3. The molecule has 0 aliphatic carbocycles. The van der Waals surface area contributed by atoms with Crippen molar-refractivity contribution in [2.75, 3.05) is 0 Å². The highest BCUT2D eigenvalue weighted by atomic mass is 79.9. The second-order valence-electron chi connectivity index (χ2n) is 3.63. The van der Waals surface area contributed by atoms with Crippen molar-refractivity contribution in [1.29, 1.82) is 0 Å². The van der Waals surface area contributed by atoms with Gasteiger partial charge in [0.2, 0.25) is 0 Å². The van der Waals surface area contributed by atoms with E-state index >= 15 is 0 Å². The van der Waals surface area contributed by atoms with Gasteiger partial charge in [0, 0.05) is 25.0 Å². The highest BCUT2D eigenvalue weighted by Crippen LogP contribution is 2.29. The summed E-state index contributed by atoms with van der Waals surface area (Å²) >= 11 is 3.41. The lowest BCUT2D eigenvalue weighted by Gasteiger charge is -2.11. The molecular weight excluding hydrogens is 284 g/mol. The van der Waals surface area contributed by atoms with Gasteiger partial charge in [-0.3, -0.25) is 0 Å². The summed E-state index contributed by atoms with van der Waals surface area (Å²) in [5, 5.41) is 9.23. The van der Waals surface area contributed by atoms with Gasteiger partial charge in [0.1, 0.15) is 18.2 Å². The number of aliphatic hydroxyl groups excluding tert-OH is 1. The predicted octanol–water partition coefficient (Wildman–Crippen LogP) is 2.25. The molecule has 4 nitrogen and oxygen atoms in total. The van der Waals surface area contributed by atoms with Gasteiger partial charge in [0.05, 0.1) is 11.1 Å². The second kappa shape index (κ2) is 5.33. The highest BCUT2D eigenvalue weighted by molar-refractivity contribution is 9.10. The lowest BCUT2D eigenvalue weighted by atomic mass is 10.2. The van der Waals surface area contributed by atoms with Gasteiger partial charge in [-0.1, -0.05) is 12.1 Å². The minimum Gasteiger partial charge on any atom is -0.484 e. The van der Waals surface area contributed by atoms with Crippen LogP contribution in [0.1, 0.15) is 11.4 Å². The number of hydrogen-bond acceptors (Lipinski definition) is 3. The lowest BCUT2D eigenvalue weighted by molar-refractivity contribution is 0.253. The van der Waals surface area contributed by atoms with Gasteiger partial charge < -0.3 is 14.4 Å². The van der Waals surface area contributed by atoms with Crippen molar-refractivity contribution in [2.45, 2.75) is 13.2 Å². The summed E-state index contributed by atoms with van der Waals surface area (Å²) in [7, 11) is 1.92. The van der Waals surface area contributed by atoms with Crippen LogP contribution in [-0.4, -0.2) is 14.7 Å². The summed E-state index contributed by atoms with van der Waals surface area (Å²) in [6.45, 7) is 0.328. The lowest BCUT2D eigenvalue weighted by Crippen LogP contribution is -2.05. The van der Waals surface area contributed by atoms with E-state index < -0.39 is 0 Å². The number of halogens is 1. The van der Waals surface area contributed by atoms with Crippen molar-refractivity contribution >= 4 is 15.9 Å². The van der Waals surface area contributed by atoms with Gasteiger partial charge in [-0.15, -0.1) is 0 Å². The Balaban J connectivity index is 2.16. The van der Waals surface area contributed by atoms with E-state index in [2.05, 4.69) is 20.9 Å². The molecule has 17 heavy (non-hydrogen) atoms. The Bertz CT molecular complexity index is 511. The van der Waals surface area contributed by atoms with E-state index in [1.807, 2.05) is 36.0 Å². The van der Waals surface area contributed by atoms with Crippen LogP contribution >= 0.6 is 15.9 Å². The summed E-state index contributed by atoms with van der Waals surface area (Å²) in [6.07, 6.45) is 3.59. The van der Waals surface area contributed by atoms with Gasteiger partial charge in [0.15, 0.2) is 0 Å². The molecule has 1 heterocycles. The first-order valence-electron chi connectivity index (χ1n) is 5.19. The molecule has 0 saturated carbocycles. The third-order valence-electron chi connectivity index (χ3n) is 2.49. The third kappa shape index (κ3) is 2.68. The molecule has 0 unspecified atom stereocenters. The average Bonchev–Trinajstić information content (AvgIpc) is 2.73. The molecule has 1 aromatic heterocycles. The quantitative estimate of drug-likeness (QED) is 0.941. The number of nitrogens with zero attached hydrogens (tertiary/aromatic N) is 2. The Morgan fingerprint density at radius 3 is 2.94 bits per heavy atom. The number of para-hydroxylation sites is 1. The van der Waals surface area contributed by atoms with E-state index in [-0.39, 0.29) is 6.61 Å². The number of aromatic nitrogens is 2. The van der Waals surface area contributed by atoms with Gasteiger partial charge in [-0.2, -0.15) is 0 Å². The normalized spacial score (nSPS) is 10.5. The molecule has 5 heteroatoms. The zero-order valence-electron chi connectivity index (χ0n) is 9.43. The Morgan fingerprint density at radius 2 is 2.29 bits per heavy atom. The molecular formula is C12H13BrN2O2. The van der Waals surface area contributed by atoms with Crippen LogP contribution in [0.2, 0.25) is 0 Å². The Hall–Kier alpha value is -1.33. The van der Waals surface area contributed by atoms with Crippen LogP contribution in [0.15, 0.2) is 35.1 Å². The van der Waals surface area contributed by atoms with Crippen molar-refractivity contribution in [3.8, 4) is 5.75 Å². The van der Waals surface area contributed by atoms with Gasteiger partial charge in [0.25, 0.3) is 0 Å². The Labute approximate surface area is 108 Å². The first-order chi connectivity index (χ1) is 8.22. The molecule has 0 spiro atoms. The number of ether oxygens (including phenoxy) is 1. The molecule has 2 rings (SSSR count). The fourth-order valence-electron chi connectivity index (χ4n) is 1.51. The van der Waals surface area contributed by atoms with Crippen LogP contribution in [0, 0.1) is 0 Å². The zero-order valence-corrected chi connectivity index (χ0v) is 11.0. The van der Waals surface area contributed by atoms with E-state index in [0.29, 0.717) is 12.4 Å². The fourth-order valence-corrected chi connectivity index (χ4v) is 2.03. The molecule has 0 amide bonds. The smallest absolute Gasteiger partial charge is 0.146 e. The summed E-state index contributed by atoms with van der Waals surface area (Å²) in [5.41, 5.74) is 0.758. The van der Waals surface area contributed by atoms with Gasteiger partial charge in [-0.05, 0) is 22.0 Å². The largest absolute Gasteiger partial charge is 0.484 e. The van der Waals surface area contributed by atoms with Crippen LogP contribution in [0.25, 0.3) is 0 Å². The summed E-state index contributed by atoms with van der Waals surface area (Å²) in [4.78, 5) is 4.18. The van der Waals surface area contributed by atoms with Crippen LogP contribution < -0.4 is 4.74 Å². The van der Waals surface area contributed by atoms with Crippen LogP contribution in [0.4, 0.5) is 0 Å². The van der Waals surface area contributed by atoms with E-state index in [4.69, 9.17) is 4.74 Å². The summed E-state index contributed by atoms with van der Waals surface area (Å²) in [5.74, 6) is 1.50. The Kier molecular flexibility index (Phi) is 3.81. The number of rotatable bonds is 4. The van der Waals surface area contributed by atoms with E-state index in [1.54, 1.807) is 6.20 Å². The molecule has 0 aliphatic rings. The molecule has 2 aromatic rings. The minimum absolute atomic E-state index is 0.0463. The van der Waals surface area contributed by atoms with Crippen molar-refractivity contribution in [1.82, 2.24) is 9.55 Å². The SMILES string of the molecule is Cn1ccnc1COc1c(Br)cccc1CO. The second-order valence-corrected chi connectivity index (χ2v) is 4.48. The fraction of sp³-hybridized carbons (Fsp3) is 0.250. The van der Waals surface area contributed by atoms with Crippen molar-refractivity contribution in [3.05, 3.63) is 46.5 Å². The monoisotopic (exact) mass is 296 g/mol. The molecule has 90 valence electrons. The van der Waals surface area contributed by atoms with Crippen LogP contribution in [0.5, 0.6) is 5.75 Å². The molecule has 0 fully saturated rings. The highest BCUT2D eigenvalue weighted by Gasteiger charge is 2.08. The number of aryl methyl sites for hydroxylation is 1. The van der Waals surface area contributed by atoms with E-state index in [0.717, 1.165) is 15.9 Å². The molecule has 0 saturated heterocycles. The maximum Gasteiger partial charge on any atom is 0.146 e.